The fourth-order valence-electron chi connectivity index (χ4n) is 1.87. The van der Waals surface area contributed by atoms with E-state index in [0.717, 1.165) is 16.8 Å². The minimum Gasteiger partial charge on any atom is -0.298 e. The lowest BCUT2D eigenvalue weighted by Gasteiger charge is -1.97. The number of aromatic nitrogens is 2. The number of pyridine rings is 1. The van der Waals surface area contributed by atoms with Gasteiger partial charge in [-0.15, -0.1) is 11.3 Å². The van der Waals surface area contributed by atoms with Gasteiger partial charge in [0.25, 0.3) is 0 Å². The summed E-state index contributed by atoms with van der Waals surface area (Å²) in [5.74, 6) is -0.230. The normalized spacial score (nSPS) is 10.8. The van der Waals surface area contributed by atoms with Crippen LogP contribution < -0.4 is 5.32 Å². The molecule has 0 spiro atoms. The molecular formula is C17H12ClN3OS. The van der Waals surface area contributed by atoms with Gasteiger partial charge in [0.05, 0.1) is 5.69 Å². The first-order valence-corrected chi connectivity index (χ1v) is 8.07. The van der Waals surface area contributed by atoms with Gasteiger partial charge >= 0.3 is 0 Å². The van der Waals surface area contributed by atoms with Crippen molar-refractivity contribution in [3.8, 4) is 11.3 Å². The fraction of sp³-hybridized carbons (Fsp3) is 0. The van der Waals surface area contributed by atoms with Gasteiger partial charge in [-0.1, -0.05) is 23.7 Å². The highest BCUT2D eigenvalue weighted by Gasteiger charge is 2.06. The van der Waals surface area contributed by atoms with Crippen LogP contribution in [0.15, 0.2) is 60.2 Å². The predicted molar refractivity (Wildman–Crippen MR) is 94.5 cm³/mol. The fourth-order valence-corrected chi connectivity index (χ4v) is 2.72. The first-order chi connectivity index (χ1) is 11.2. The van der Waals surface area contributed by atoms with Crippen molar-refractivity contribution in [1.29, 1.82) is 0 Å². The summed E-state index contributed by atoms with van der Waals surface area (Å²) < 4.78 is 0. The first kappa shape index (κ1) is 15.4. The number of anilines is 1. The van der Waals surface area contributed by atoms with Gasteiger partial charge in [-0.3, -0.25) is 15.1 Å². The number of carbonyl (C=O) groups is 1. The summed E-state index contributed by atoms with van der Waals surface area (Å²) in [5, 5.41) is 5.85. The number of nitrogens with one attached hydrogen (secondary N) is 1. The molecule has 2 heterocycles. The van der Waals surface area contributed by atoms with E-state index in [1.165, 1.54) is 17.4 Å². The third-order valence-corrected chi connectivity index (χ3v) is 4.00. The van der Waals surface area contributed by atoms with Crippen molar-refractivity contribution in [2.45, 2.75) is 0 Å². The second-order valence-electron chi connectivity index (χ2n) is 4.65. The summed E-state index contributed by atoms with van der Waals surface area (Å²) in [6.45, 7) is 0. The lowest BCUT2D eigenvalue weighted by atomic mass is 10.2. The van der Waals surface area contributed by atoms with E-state index in [-0.39, 0.29) is 5.91 Å². The van der Waals surface area contributed by atoms with Gasteiger partial charge in [0.2, 0.25) is 5.91 Å². The summed E-state index contributed by atoms with van der Waals surface area (Å²) >= 11 is 7.19. The van der Waals surface area contributed by atoms with Crippen molar-refractivity contribution in [1.82, 2.24) is 9.97 Å². The summed E-state index contributed by atoms with van der Waals surface area (Å²) in [6.07, 6.45) is 6.64. The number of nitrogens with zero attached hydrogens (tertiary/aromatic N) is 2. The van der Waals surface area contributed by atoms with Crippen LogP contribution in [0, 0.1) is 0 Å². The highest BCUT2D eigenvalue weighted by molar-refractivity contribution is 7.14. The predicted octanol–water partition coefficient (Wildman–Crippen LogP) is 4.51. The zero-order valence-electron chi connectivity index (χ0n) is 11.9. The van der Waals surface area contributed by atoms with E-state index in [4.69, 9.17) is 11.6 Å². The van der Waals surface area contributed by atoms with Crippen LogP contribution in [0.3, 0.4) is 0 Å². The Labute approximate surface area is 142 Å². The van der Waals surface area contributed by atoms with Crippen LogP contribution in [0.2, 0.25) is 5.02 Å². The van der Waals surface area contributed by atoms with Crippen LogP contribution in [0.5, 0.6) is 0 Å². The van der Waals surface area contributed by atoms with Gasteiger partial charge in [-0.05, 0) is 35.9 Å². The molecule has 3 rings (SSSR count). The van der Waals surface area contributed by atoms with E-state index < -0.39 is 0 Å². The van der Waals surface area contributed by atoms with Crippen LogP contribution in [-0.2, 0) is 4.79 Å². The van der Waals surface area contributed by atoms with Crippen molar-refractivity contribution in [2.24, 2.45) is 0 Å². The van der Waals surface area contributed by atoms with E-state index in [9.17, 15) is 4.79 Å². The number of hydrogen-bond donors (Lipinski definition) is 1. The average molecular weight is 342 g/mol. The van der Waals surface area contributed by atoms with Gasteiger partial charge in [0, 0.05) is 34.4 Å². The SMILES string of the molecule is O=C(/C=C/c1ccc(Cl)cc1)Nc1nc(-c2cccnc2)cs1. The van der Waals surface area contributed by atoms with Crippen molar-refractivity contribution in [3.63, 3.8) is 0 Å². The summed E-state index contributed by atoms with van der Waals surface area (Å²) in [4.78, 5) is 20.4. The van der Waals surface area contributed by atoms with Gasteiger partial charge in [-0.2, -0.15) is 0 Å². The van der Waals surface area contributed by atoms with Crippen LogP contribution in [0.1, 0.15) is 5.56 Å². The molecule has 0 aliphatic carbocycles. The Morgan fingerprint density at radius 2 is 2.04 bits per heavy atom. The molecular weight excluding hydrogens is 330 g/mol. The van der Waals surface area contributed by atoms with E-state index in [0.29, 0.717) is 10.2 Å². The maximum Gasteiger partial charge on any atom is 0.250 e. The van der Waals surface area contributed by atoms with Crippen molar-refractivity contribution in [3.05, 3.63) is 70.8 Å². The molecule has 0 atom stereocenters. The van der Waals surface area contributed by atoms with Gasteiger partial charge < -0.3 is 0 Å². The molecule has 0 radical (unpaired) electrons. The molecule has 0 aliphatic rings. The highest BCUT2D eigenvalue weighted by atomic mass is 35.5. The number of rotatable bonds is 4. The molecule has 0 bridgehead atoms. The minimum absolute atomic E-state index is 0.230. The topological polar surface area (TPSA) is 54.9 Å². The zero-order chi connectivity index (χ0) is 16.1. The molecule has 4 nitrogen and oxygen atoms in total. The highest BCUT2D eigenvalue weighted by Crippen LogP contribution is 2.24. The molecule has 23 heavy (non-hydrogen) atoms. The molecule has 1 N–H and O–H groups in total. The Morgan fingerprint density at radius 3 is 2.78 bits per heavy atom. The van der Waals surface area contributed by atoms with Crippen LogP contribution in [-0.4, -0.2) is 15.9 Å². The second kappa shape index (κ2) is 7.17. The molecule has 3 aromatic rings. The Balaban J connectivity index is 1.64. The molecule has 6 heteroatoms. The summed E-state index contributed by atoms with van der Waals surface area (Å²) in [7, 11) is 0. The van der Waals surface area contributed by atoms with Crippen molar-refractivity contribution >= 4 is 40.1 Å². The first-order valence-electron chi connectivity index (χ1n) is 6.81. The Morgan fingerprint density at radius 1 is 1.22 bits per heavy atom. The largest absolute Gasteiger partial charge is 0.298 e. The van der Waals surface area contributed by atoms with Crippen LogP contribution in [0.25, 0.3) is 17.3 Å². The quantitative estimate of drug-likeness (QED) is 0.710. The number of halogens is 1. The molecule has 2 aromatic heterocycles. The van der Waals surface area contributed by atoms with E-state index in [1.54, 1.807) is 30.6 Å². The average Bonchev–Trinajstić information content (AvgIpc) is 3.04. The summed E-state index contributed by atoms with van der Waals surface area (Å²) in [5.41, 5.74) is 2.61. The monoisotopic (exact) mass is 341 g/mol. The molecule has 114 valence electrons. The minimum atomic E-state index is -0.230. The van der Waals surface area contributed by atoms with E-state index in [2.05, 4.69) is 15.3 Å². The van der Waals surface area contributed by atoms with E-state index in [1.807, 2.05) is 29.6 Å². The number of carbonyl (C=O) groups excluding carboxylic acids is 1. The Bertz CT molecular complexity index is 829. The zero-order valence-corrected chi connectivity index (χ0v) is 13.5. The Kier molecular flexibility index (Phi) is 4.80. The Hall–Kier alpha value is -2.50. The number of hydrogen-bond acceptors (Lipinski definition) is 4. The standard InChI is InChI=1S/C17H12ClN3OS/c18-14-6-3-12(4-7-14)5-8-16(22)21-17-20-15(11-23-17)13-2-1-9-19-10-13/h1-11H,(H,20,21,22)/b8-5+. The molecule has 0 aliphatic heterocycles. The summed E-state index contributed by atoms with van der Waals surface area (Å²) in [6, 6.07) is 11.0. The number of thiazole rings is 1. The van der Waals surface area contributed by atoms with Gasteiger partial charge in [0.1, 0.15) is 0 Å². The molecule has 0 fully saturated rings. The molecule has 0 saturated heterocycles. The lowest BCUT2D eigenvalue weighted by Crippen LogP contribution is -2.07. The third-order valence-electron chi connectivity index (χ3n) is 2.99. The molecule has 1 aromatic carbocycles. The molecule has 1 amide bonds. The van der Waals surface area contributed by atoms with Crippen LogP contribution >= 0.6 is 22.9 Å². The lowest BCUT2D eigenvalue weighted by molar-refractivity contribution is -0.111. The number of amides is 1. The second-order valence-corrected chi connectivity index (χ2v) is 5.95. The third kappa shape index (κ3) is 4.25. The maximum atomic E-state index is 11.9. The van der Waals surface area contributed by atoms with Crippen LogP contribution in [0.4, 0.5) is 5.13 Å². The maximum absolute atomic E-state index is 11.9. The smallest absolute Gasteiger partial charge is 0.250 e. The van der Waals surface area contributed by atoms with Gasteiger partial charge in [0.15, 0.2) is 5.13 Å². The van der Waals surface area contributed by atoms with Crippen molar-refractivity contribution in [2.75, 3.05) is 5.32 Å². The van der Waals surface area contributed by atoms with Gasteiger partial charge in [-0.25, -0.2) is 4.98 Å². The number of benzene rings is 1. The molecule has 0 unspecified atom stereocenters. The van der Waals surface area contributed by atoms with Crippen molar-refractivity contribution < 1.29 is 4.79 Å². The van der Waals surface area contributed by atoms with E-state index >= 15 is 0 Å². The molecule has 0 saturated carbocycles.